The quantitative estimate of drug-likeness (QED) is 0.615. The predicted octanol–water partition coefficient (Wildman–Crippen LogP) is 2.83. The predicted molar refractivity (Wildman–Crippen MR) is 82.7 cm³/mol. The molecule has 0 radical (unpaired) electrons. The van der Waals surface area contributed by atoms with E-state index in [9.17, 15) is 0 Å². The third-order valence-electron chi connectivity index (χ3n) is 2.73. The minimum absolute atomic E-state index is 0.278. The van der Waals surface area contributed by atoms with Gasteiger partial charge in [0.2, 0.25) is 0 Å². The van der Waals surface area contributed by atoms with Gasteiger partial charge in [-0.05, 0) is 37.5 Å². The Morgan fingerprint density at radius 2 is 2.00 bits per heavy atom. The molecule has 0 amide bonds. The highest BCUT2D eigenvalue weighted by Crippen LogP contribution is 2.13. The highest BCUT2D eigenvalue weighted by Gasteiger charge is 2.04. The molecule has 0 aliphatic rings. The Labute approximate surface area is 122 Å². The first-order valence-electron chi connectivity index (χ1n) is 7.15. The van der Waals surface area contributed by atoms with Crippen LogP contribution in [-0.2, 0) is 4.74 Å². The minimum Gasteiger partial charge on any atom is -0.491 e. The number of hydrogen-bond acceptors (Lipinski definition) is 3. The Balaban J connectivity index is 2.31. The van der Waals surface area contributed by atoms with Gasteiger partial charge in [-0.2, -0.15) is 0 Å². The molecule has 1 atom stereocenters. The molecule has 3 heteroatoms. The molecule has 1 unspecified atom stereocenters. The first-order valence-corrected chi connectivity index (χ1v) is 7.15. The molecule has 0 saturated heterocycles. The number of benzene rings is 1. The van der Waals surface area contributed by atoms with E-state index in [4.69, 9.17) is 15.2 Å². The van der Waals surface area contributed by atoms with Gasteiger partial charge in [0.1, 0.15) is 12.4 Å². The van der Waals surface area contributed by atoms with Crippen LogP contribution in [0.2, 0.25) is 0 Å². The van der Waals surface area contributed by atoms with Crippen LogP contribution in [0.3, 0.4) is 0 Å². The number of ether oxygens (including phenoxy) is 2. The monoisotopic (exact) mass is 275 g/mol. The average Bonchev–Trinajstić information content (AvgIpc) is 2.41. The molecule has 0 spiro atoms. The summed E-state index contributed by atoms with van der Waals surface area (Å²) in [6.45, 7) is 8.02. The summed E-state index contributed by atoms with van der Waals surface area (Å²) in [6.07, 6.45) is 1.35. The molecule has 0 aliphatic heterocycles. The Hall–Kier alpha value is -1.50. The summed E-state index contributed by atoms with van der Waals surface area (Å²) in [4.78, 5) is 0. The van der Waals surface area contributed by atoms with Crippen LogP contribution in [0.25, 0.3) is 0 Å². The second-order valence-electron chi connectivity index (χ2n) is 5.19. The van der Waals surface area contributed by atoms with E-state index in [1.807, 2.05) is 24.3 Å². The summed E-state index contributed by atoms with van der Waals surface area (Å²) < 4.78 is 11.4. The molecule has 2 N–H and O–H groups in total. The van der Waals surface area contributed by atoms with Gasteiger partial charge in [-0.3, -0.25) is 0 Å². The van der Waals surface area contributed by atoms with Crippen molar-refractivity contribution in [1.29, 1.82) is 0 Å². The lowest BCUT2D eigenvalue weighted by Gasteiger charge is -2.15. The van der Waals surface area contributed by atoms with Gasteiger partial charge in [-0.25, -0.2) is 0 Å². The van der Waals surface area contributed by atoms with E-state index >= 15 is 0 Å². The minimum atomic E-state index is 0.278. The van der Waals surface area contributed by atoms with Crippen molar-refractivity contribution in [2.24, 2.45) is 11.7 Å². The molecule has 0 heterocycles. The van der Waals surface area contributed by atoms with E-state index < -0.39 is 0 Å². The average molecular weight is 275 g/mol. The molecule has 1 aromatic carbocycles. The molecule has 3 nitrogen and oxygen atoms in total. The zero-order valence-corrected chi connectivity index (χ0v) is 12.7. The van der Waals surface area contributed by atoms with Gasteiger partial charge in [0, 0.05) is 5.56 Å². The molecule has 0 saturated carbocycles. The second-order valence-corrected chi connectivity index (χ2v) is 5.19. The van der Waals surface area contributed by atoms with Crippen LogP contribution in [-0.4, -0.2) is 25.9 Å². The van der Waals surface area contributed by atoms with Crippen LogP contribution in [0.1, 0.15) is 32.8 Å². The van der Waals surface area contributed by atoms with E-state index in [2.05, 4.69) is 32.6 Å². The Bertz CT molecular complexity index is 446. The van der Waals surface area contributed by atoms with Crippen molar-refractivity contribution in [2.75, 3.05) is 19.8 Å². The Morgan fingerprint density at radius 1 is 1.20 bits per heavy atom. The zero-order chi connectivity index (χ0) is 14.8. The van der Waals surface area contributed by atoms with E-state index in [-0.39, 0.29) is 6.10 Å². The third kappa shape index (κ3) is 7.18. The molecule has 20 heavy (non-hydrogen) atoms. The molecule has 1 aromatic rings. The summed E-state index contributed by atoms with van der Waals surface area (Å²) in [5, 5.41) is 0. The fourth-order valence-corrected chi connectivity index (χ4v) is 1.96. The van der Waals surface area contributed by atoms with Crippen LogP contribution in [0.15, 0.2) is 24.3 Å². The van der Waals surface area contributed by atoms with Gasteiger partial charge < -0.3 is 15.2 Å². The standard InChI is InChI=1S/C17H25NO2/c1-14(2)12-15(3)19-10-11-20-17-8-4-6-16(13-17)7-5-9-18/h4,6,8,13-15H,9-12,18H2,1-3H3. The number of rotatable bonds is 7. The lowest BCUT2D eigenvalue weighted by atomic mass is 10.1. The lowest BCUT2D eigenvalue weighted by Crippen LogP contribution is -2.16. The van der Waals surface area contributed by atoms with Crippen LogP contribution in [0, 0.1) is 17.8 Å². The van der Waals surface area contributed by atoms with E-state index in [1.54, 1.807) is 0 Å². The molecule has 0 aliphatic carbocycles. The molecular weight excluding hydrogens is 250 g/mol. The summed E-state index contributed by atoms with van der Waals surface area (Å²) in [6, 6.07) is 7.71. The topological polar surface area (TPSA) is 44.5 Å². The molecule has 110 valence electrons. The molecule has 1 rings (SSSR count). The lowest BCUT2D eigenvalue weighted by molar-refractivity contribution is 0.0331. The van der Waals surface area contributed by atoms with E-state index in [0.29, 0.717) is 25.7 Å². The van der Waals surface area contributed by atoms with Crippen LogP contribution in [0.4, 0.5) is 0 Å². The van der Waals surface area contributed by atoms with Crippen molar-refractivity contribution in [3.63, 3.8) is 0 Å². The van der Waals surface area contributed by atoms with Crippen LogP contribution < -0.4 is 10.5 Å². The van der Waals surface area contributed by atoms with Crippen molar-refractivity contribution in [2.45, 2.75) is 33.3 Å². The summed E-state index contributed by atoms with van der Waals surface area (Å²) in [5.74, 6) is 7.29. The number of nitrogens with two attached hydrogens (primary N) is 1. The smallest absolute Gasteiger partial charge is 0.120 e. The molecular formula is C17H25NO2. The van der Waals surface area contributed by atoms with Crippen LogP contribution in [0.5, 0.6) is 5.75 Å². The first kappa shape index (κ1) is 16.6. The van der Waals surface area contributed by atoms with Gasteiger partial charge in [0.15, 0.2) is 0 Å². The molecule has 0 aromatic heterocycles. The van der Waals surface area contributed by atoms with Gasteiger partial charge in [0.25, 0.3) is 0 Å². The third-order valence-corrected chi connectivity index (χ3v) is 2.73. The first-order chi connectivity index (χ1) is 9.61. The normalized spacial score (nSPS) is 11.8. The van der Waals surface area contributed by atoms with Crippen molar-refractivity contribution >= 4 is 0 Å². The Kier molecular flexibility index (Phi) is 7.79. The van der Waals surface area contributed by atoms with Gasteiger partial charge in [-0.15, -0.1) is 0 Å². The summed E-state index contributed by atoms with van der Waals surface area (Å²) in [5.41, 5.74) is 6.27. The molecule has 0 bridgehead atoms. The zero-order valence-electron chi connectivity index (χ0n) is 12.7. The van der Waals surface area contributed by atoms with Gasteiger partial charge in [0.05, 0.1) is 19.3 Å². The fraction of sp³-hybridized carbons (Fsp3) is 0.529. The summed E-state index contributed by atoms with van der Waals surface area (Å²) >= 11 is 0. The van der Waals surface area contributed by atoms with E-state index in [1.165, 1.54) is 0 Å². The van der Waals surface area contributed by atoms with Crippen LogP contribution >= 0.6 is 0 Å². The van der Waals surface area contributed by atoms with Crippen molar-refractivity contribution < 1.29 is 9.47 Å². The maximum atomic E-state index is 5.70. The second kappa shape index (κ2) is 9.41. The van der Waals surface area contributed by atoms with Crippen molar-refractivity contribution in [1.82, 2.24) is 0 Å². The molecule has 0 fully saturated rings. The van der Waals surface area contributed by atoms with Gasteiger partial charge in [-0.1, -0.05) is 31.8 Å². The summed E-state index contributed by atoms with van der Waals surface area (Å²) in [7, 11) is 0. The van der Waals surface area contributed by atoms with E-state index in [0.717, 1.165) is 17.7 Å². The Morgan fingerprint density at radius 3 is 2.70 bits per heavy atom. The maximum Gasteiger partial charge on any atom is 0.120 e. The van der Waals surface area contributed by atoms with Gasteiger partial charge >= 0.3 is 0 Å². The maximum absolute atomic E-state index is 5.70. The SMILES string of the molecule is CC(C)CC(C)OCCOc1cccc(C#CCN)c1. The highest BCUT2D eigenvalue weighted by molar-refractivity contribution is 5.39. The highest BCUT2D eigenvalue weighted by atomic mass is 16.5. The van der Waals surface area contributed by atoms with Crippen molar-refractivity contribution in [3.05, 3.63) is 29.8 Å². The largest absolute Gasteiger partial charge is 0.491 e. The number of hydrogen-bond donors (Lipinski definition) is 1. The van der Waals surface area contributed by atoms with Crippen molar-refractivity contribution in [3.8, 4) is 17.6 Å². The fourth-order valence-electron chi connectivity index (χ4n) is 1.96.